The lowest BCUT2D eigenvalue weighted by Gasteiger charge is -2.16. The average Bonchev–Trinajstić information content (AvgIpc) is 2.71. The third-order valence-electron chi connectivity index (χ3n) is 2.95. The van der Waals surface area contributed by atoms with Crippen LogP contribution in [-0.2, 0) is 0 Å². The standard InChI is InChI=1S/C14H17BrN2/c1-3-8-17-9-4-5-14(17)16-13-7-6-12(15)10-11(13)2/h3,6-7,10H,1,4-5,8-9H2,2H3. The van der Waals surface area contributed by atoms with Gasteiger partial charge in [-0.25, -0.2) is 4.99 Å². The molecule has 0 radical (unpaired) electrons. The average molecular weight is 293 g/mol. The summed E-state index contributed by atoms with van der Waals surface area (Å²) in [6, 6.07) is 6.21. The second-order valence-electron chi connectivity index (χ2n) is 4.30. The van der Waals surface area contributed by atoms with Crippen LogP contribution in [0.1, 0.15) is 18.4 Å². The molecule has 1 saturated heterocycles. The Bertz CT molecular complexity index is 452. The van der Waals surface area contributed by atoms with Crippen molar-refractivity contribution in [1.29, 1.82) is 0 Å². The van der Waals surface area contributed by atoms with Crippen molar-refractivity contribution in [2.45, 2.75) is 19.8 Å². The number of aliphatic imine (C=N–C) groups is 1. The molecule has 1 aromatic rings. The van der Waals surface area contributed by atoms with Gasteiger partial charge in [0.1, 0.15) is 5.84 Å². The number of likely N-dealkylation sites (tertiary alicyclic amines) is 1. The fourth-order valence-electron chi connectivity index (χ4n) is 2.08. The van der Waals surface area contributed by atoms with Gasteiger partial charge in [-0.3, -0.25) is 0 Å². The predicted molar refractivity (Wildman–Crippen MR) is 77.0 cm³/mol. The summed E-state index contributed by atoms with van der Waals surface area (Å²) in [7, 11) is 0. The van der Waals surface area contributed by atoms with Gasteiger partial charge in [0.2, 0.25) is 0 Å². The summed E-state index contributed by atoms with van der Waals surface area (Å²) >= 11 is 3.47. The van der Waals surface area contributed by atoms with Crippen LogP contribution >= 0.6 is 15.9 Å². The van der Waals surface area contributed by atoms with Crippen molar-refractivity contribution in [1.82, 2.24) is 4.90 Å². The van der Waals surface area contributed by atoms with Crippen LogP contribution in [0, 0.1) is 6.92 Å². The zero-order chi connectivity index (χ0) is 12.3. The molecule has 2 nitrogen and oxygen atoms in total. The molecule has 1 aromatic carbocycles. The number of amidine groups is 1. The molecule has 1 aliphatic rings. The van der Waals surface area contributed by atoms with Crippen molar-refractivity contribution in [3.63, 3.8) is 0 Å². The summed E-state index contributed by atoms with van der Waals surface area (Å²) in [4.78, 5) is 7.07. The van der Waals surface area contributed by atoms with Gasteiger partial charge in [-0.1, -0.05) is 22.0 Å². The SMILES string of the molecule is C=CCN1CCCC1=Nc1ccc(Br)cc1C. The van der Waals surface area contributed by atoms with Crippen LogP contribution in [0.4, 0.5) is 5.69 Å². The van der Waals surface area contributed by atoms with Crippen LogP contribution < -0.4 is 0 Å². The first-order chi connectivity index (χ1) is 8.20. The summed E-state index contributed by atoms with van der Waals surface area (Å²) in [5, 5.41) is 0. The fourth-order valence-corrected chi connectivity index (χ4v) is 2.55. The Kier molecular flexibility index (Phi) is 4.00. The molecule has 0 aromatic heterocycles. The van der Waals surface area contributed by atoms with E-state index in [4.69, 9.17) is 4.99 Å². The molecule has 0 unspecified atom stereocenters. The molecule has 0 spiro atoms. The van der Waals surface area contributed by atoms with Crippen molar-refractivity contribution >= 4 is 27.5 Å². The smallest absolute Gasteiger partial charge is 0.105 e. The molecular formula is C14H17BrN2. The Labute approximate surface area is 111 Å². The molecule has 17 heavy (non-hydrogen) atoms. The van der Waals surface area contributed by atoms with Crippen molar-refractivity contribution < 1.29 is 0 Å². The lowest BCUT2D eigenvalue weighted by Crippen LogP contribution is -2.24. The van der Waals surface area contributed by atoms with E-state index in [1.54, 1.807) is 0 Å². The molecule has 3 heteroatoms. The van der Waals surface area contributed by atoms with Crippen molar-refractivity contribution in [3.8, 4) is 0 Å². The molecule has 0 bridgehead atoms. The molecule has 0 amide bonds. The number of aryl methyl sites for hydroxylation is 1. The highest BCUT2D eigenvalue weighted by atomic mass is 79.9. The van der Waals surface area contributed by atoms with Gasteiger partial charge in [-0.2, -0.15) is 0 Å². The van der Waals surface area contributed by atoms with E-state index in [2.05, 4.69) is 46.5 Å². The summed E-state index contributed by atoms with van der Waals surface area (Å²) in [5.41, 5.74) is 2.27. The molecule has 2 rings (SSSR count). The van der Waals surface area contributed by atoms with Gasteiger partial charge in [0.25, 0.3) is 0 Å². The van der Waals surface area contributed by atoms with Gasteiger partial charge in [0.15, 0.2) is 0 Å². The van der Waals surface area contributed by atoms with E-state index in [1.807, 2.05) is 12.1 Å². The van der Waals surface area contributed by atoms with Gasteiger partial charge in [0.05, 0.1) is 5.69 Å². The van der Waals surface area contributed by atoms with Gasteiger partial charge in [-0.15, -0.1) is 6.58 Å². The molecule has 0 N–H and O–H groups in total. The molecule has 0 atom stereocenters. The topological polar surface area (TPSA) is 15.6 Å². The van der Waals surface area contributed by atoms with Gasteiger partial charge in [0, 0.05) is 24.0 Å². The maximum atomic E-state index is 4.77. The van der Waals surface area contributed by atoms with E-state index >= 15 is 0 Å². The zero-order valence-corrected chi connectivity index (χ0v) is 11.7. The molecule has 90 valence electrons. The normalized spacial score (nSPS) is 17.8. The number of halogens is 1. The molecule has 1 heterocycles. The Hall–Kier alpha value is -1.09. The minimum absolute atomic E-state index is 0.897. The third kappa shape index (κ3) is 2.97. The van der Waals surface area contributed by atoms with E-state index < -0.39 is 0 Å². The maximum absolute atomic E-state index is 4.77. The van der Waals surface area contributed by atoms with Gasteiger partial charge >= 0.3 is 0 Å². The number of benzene rings is 1. The first-order valence-electron chi connectivity index (χ1n) is 5.90. The van der Waals surface area contributed by atoms with Gasteiger partial charge < -0.3 is 4.90 Å². The Balaban J connectivity index is 2.25. The molecule has 1 fully saturated rings. The Morgan fingerprint density at radius 1 is 1.53 bits per heavy atom. The lowest BCUT2D eigenvalue weighted by molar-refractivity contribution is 0.502. The first kappa shape index (κ1) is 12.4. The summed E-state index contributed by atoms with van der Waals surface area (Å²) < 4.78 is 1.10. The van der Waals surface area contributed by atoms with Crippen molar-refractivity contribution in [2.75, 3.05) is 13.1 Å². The highest BCUT2D eigenvalue weighted by Crippen LogP contribution is 2.25. The zero-order valence-electron chi connectivity index (χ0n) is 10.1. The quantitative estimate of drug-likeness (QED) is 0.767. The largest absolute Gasteiger partial charge is 0.356 e. The highest BCUT2D eigenvalue weighted by Gasteiger charge is 2.17. The van der Waals surface area contributed by atoms with Crippen LogP contribution in [0.15, 0.2) is 40.3 Å². The summed E-state index contributed by atoms with van der Waals surface area (Å²) in [6.45, 7) is 7.88. The second-order valence-corrected chi connectivity index (χ2v) is 5.21. The van der Waals surface area contributed by atoms with E-state index in [9.17, 15) is 0 Å². The van der Waals surface area contributed by atoms with Crippen LogP contribution in [-0.4, -0.2) is 23.8 Å². The third-order valence-corrected chi connectivity index (χ3v) is 3.44. The van der Waals surface area contributed by atoms with Gasteiger partial charge in [-0.05, 0) is 37.1 Å². The molecule has 0 aliphatic carbocycles. The number of nitrogens with zero attached hydrogens (tertiary/aromatic N) is 2. The Morgan fingerprint density at radius 3 is 3.06 bits per heavy atom. The predicted octanol–water partition coefficient (Wildman–Crippen LogP) is 4.07. The number of hydrogen-bond acceptors (Lipinski definition) is 1. The number of rotatable bonds is 3. The van der Waals surface area contributed by atoms with Crippen LogP contribution in [0.2, 0.25) is 0 Å². The second kappa shape index (κ2) is 5.50. The summed E-state index contributed by atoms with van der Waals surface area (Å²) in [6.07, 6.45) is 4.21. The molecule has 0 saturated carbocycles. The highest BCUT2D eigenvalue weighted by molar-refractivity contribution is 9.10. The first-order valence-corrected chi connectivity index (χ1v) is 6.69. The monoisotopic (exact) mass is 292 g/mol. The van der Waals surface area contributed by atoms with Crippen LogP contribution in [0.5, 0.6) is 0 Å². The minimum Gasteiger partial charge on any atom is -0.356 e. The van der Waals surface area contributed by atoms with Crippen molar-refractivity contribution in [2.24, 2.45) is 4.99 Å². The lowest BCUT2D eigenvalue weighted by atomic mass is 10.2. The Morgan fingerprint density at radius 2 is 2.35 bits per heavy atom. The minimum atomic E-state index is 0.897. The van der Waals surface area contributed by atoms with E-state index in [-0.39, 0.29) is 0 Å². The number of hydrogen-bond donors (Lipinski definition) is 0. The summed E-state index contributed by atoms with van der Waals surface area (Å²) in [5.74, 6) is 1.19. The van der Waals surface area contributed by atoms with E-state index in [0.29, 0.717) is 0 Å². The molecule has 1 aliphatic heterocycles. The van der Waals surface area contributed by atoms with E-state index in [1.165, 1.54) is 17.8 Å². The van der Waals surface area contributed by atoms with Crippen LogP contribution in [0.25, 0.3) is 0 Å². The van der Waals surface area contributed by atoms with Crippen molar-refractivity contribution in [3.05, 3.63) is 40.9 Å². The van der Waals surface area contributed by atoms with Crippen LogP contribution in [0.3, 0.4) is 0 Å². The molecular weight excluding hydrogens is 276 g/mol. The van der Waals surface area contributed by atoms with E-state index in [0.717, 1.165) is 29.7 Å². The maximum Gasteiger partial charge on any atom is 0.105 e. The fraction of sp³-hybridized carbons (Fsp3) is 0.357.